The number of aromatic nitrogens is 2. The van der Waals surface area contributed by atoms with E-state index in [1.165, 1.54) is 4.88 Å². The minimum Gasteiger partial charge on any atom is -0.376 e. The van der Waals surface area contributed by atoms with Crippen LogP contribution in [0.4, 0.5) is 5.82 Å². The SMILES string of the molecule is O=C(C[C@@H]1CO[C@H]2CN(c3ccncn3)C[C@@H]12)NCc1cccs1. The summed E-state index contributed by atoms with van der Waals surface area (Å²) in [6.07, 6.45) is 4.06. The van der Waals surface area contributed by atoms with Crippen LogP contribution in [0.5, 0.6) is 0 Å². The van der Waals surface area contributed by atoms with Crippen molar-refractivity contribution in [1.82, 2.24) is 15.3 Å². The second-order valence-corrected chi connectivity index (χ2v) is 7.36. The number of carbonyl (C=O) groups is 1. The smallest absolute Gasteiger partial charge is 0.220 e. The number of nitrogens with zero attached hydrogens (tertiary/aromatic N) is 3. The van der Waals surface area contributed by atoms with Gasteiger partial charge in [-0.15, -0.1) is 11.3 Å². The lowest BCUT2D eigenvalue weighted by atomic mass is 9.90. The molecule has 0 spiro atoms. The Balaban J connectivity index is 1.32. The molecule has 6 nitrogen and oxygen atoms in total. The van der Waals surface area contributed by atoms with Crippen molar-refractivity contribution >= 4 is 23.1 Å². The number of fused-ring (bicyclic) bond motifs is 1. The van der Waals surface area contributed by atoms with Crippen LogP contribution < -0.4 is 10.2 Å². The van der Waals surface area contributed by atoms with E-state index < -0.39 is 0 Å². The van der Waals surface area contributed by atoms with Crippen LogP contribution in [0.25, 0.3) is 0 Å². The normalized spacial score (nSPS) is 25.7. The summed E-state index contributed by atoms with van der Waals surface area (Å²) in [6, 6.07) is 5.96. The minimum atomic E-state index is 0.109. The molecule has 2 aromatic heterocycles. The lowest BCUT2D eigenvalue weighted by Crippen LogP contribution is -2.29. The van der Waals surface area contributed by atoms with Crippen molar-refractivity contribution in [3.05, 3.63) is 41.0 Å². The molecule has 2 fully saturated rings. The summed E-state index contributed by atoms with van der Waals surface area (Å²) in [6.45, 7) is 3.03. The zero-order valence-corrected chi connectivity index (χ0v) is 14.1. The molecule has 1 amide bonds. The summed E-state index contributed by atoms with van der Waals surface area (Å²) in [5.74, 6) is 1.72. The van der Waals surface area contributed by atoms with Crippen molar-refractivity contribution in [2.45, 2.75) is 19.1 Å². The molecule has 1 N–H and O–H groups in total. The van der Waals surface area contributed by atoms with Gasteiger partial charge in [0.05, 0.1) is 19.3 Å². The van der Waals surface area contributed by atoms with E-state index in [9.17, 15) is 4.79 Å². The number of thiophene rings is 1. The van der Waals surface area contributed by atoms with E-state index in [1.807, 2.05) is 23.6 Å². The summed E-state index contributed by atoms with van der Waals surface area (Å²) in [7, 11) is 0. The Bertz CT molecular complexity index is 679. The van der Waals surface area contributed by atoms with Crippen molar-refractivity contribution in [3.8, 4) is 0 Å². The second-order valence-electron chi connectivity index (χ2n) is 6.33. The first-order chi connectivity index (χ1) is 11.8. The van der Waals surface area contributed by atoms with E-state index >= 15 is 0 Å². The van der Waals surface area contributed by atoms with Gasteiger partial charge in [0.1, 0.15) is 12.1 Å². The average Bonchev–Trinajstić information content (AvgIpc) is 3.32. The van der Waals surface area contributed by atoms with Crippen LogP contribution in [-0.2, 0) is 16.1 Å². The Morgan fingerprint density at radius 1 is 1.42 bits per heavy atom. The van der Waals surface area contributed by atoms with Gasteiger partial charge in [0.15, 0.2) is 0 Å². The highest BCUT2D eigenvalue weighted by Gasteiger charge is 2.44. The highest BCUT2D eigenvalue weighted by atomic mass is 32.1. The van der Waals surface area contributed by atoms with Crippen molar-refractivity contribution in [3.63, 3.8) is 0 Å². The van der Waals surface area contributed by atoms with E-state index in [4.69, 9.17) is 4.74 Å². The van der Waals surface area contributed by atoms with Gasteiger partial charge in [-0.2, -0.15) is 0 Å². The molecule has 2 saturated heterocycles. The minimum absolute atomic E-state index is 0.109. The van der Waals surface area contributed by atoms with Gasteiger partial charge in [0, 0.05) is 36.5 Å². The van der Waals surface area contributed by atoms with Gasteiger partial charge in [0.25, 0.3) is 0 Å². The summed E-state index contributed by atoms with van der Waals surface area (Å²) in [5.41, 5.74) is 0. The number of hydrogen-bond donors (Lipinski definition) is 1. The molecule has 2 aliphatic rings. The molecule has 0 unspecified atom stereocenters. The largest absolute Gasteiger partial charge is 0.376 e. The van der Waals surface area contributed by atoms with Crippen molar-refractivity contribution in [1.29, 1.82) is 0 Å². The van der Waals surface area contributed by atoms with Crippen LogP contribution in [0, 0.1) is 11.8 Å². The summed E-state index contributed by atoms with van der Waals surface area (Å²) < 4.78 is 5.93. The van der Waals surface area contributed by atoms with E-state index in [1.54, 1.807) is 23.9 Å². The molecule has 0 aromatic carbocycles. The Kier molecular flexibility index (Phi) is 4.44. The highest BCUT2D eigenvalue weighted by Crippen LogP contribution is 2.36. The van der Waals surface area contributed by atoms with E-state index in [0.29, 0.717) is 25.5 Å². The zero-order valence-electron chi connectivity index (χ0n) is 13.3. The van der Waals surface area contributed by atoms with Gasteiger partial charge < -0.3 is 15.0 Å². The fourth-order valence-electron chi connectivity index (χ4n) is 3.58. The van der Waals surface area contributed by atoms with Gasteiger partial charge in [-0.25, -0.2) is 9.97 Å². The van der Waals surface area contributed by atoms with E-state index in [2.05, 4.69) is 20.2 Å². The van der Waals surface area contributed by atoms with Gasteiger partial charge in [-0.3, -0.25) is 4.79 Å². The maximum absolute atomic E-state index is 12.2. The van der Waals surface area contributed by atoms with Crippen LogP contribution >= 0.6 is 11.3 Å². The molecule has 0 saturated carbocycles. The first-order valence-electron chi connectivity index (χ1n) is 8.21. The maximum atomic E-state index is 12.2. The van der Waals surface area contributed by atoms with Gasteiger partial charge in [-0.1, -0.05) is 6.07 Å². The van der Waals surface area contributed by atoms with Crippen LogP contribution in [0.3, 0.4) is 0 Å². The predicted molar refractivity (Wildman–Crippen MR) is 91.7 cm³/mol. The third kappa shape index (κ3) is 3.27. The molecule has 4 heterocycles. The van der Waals surface area contributed by atoms with Crippen LogP contribution in [0.2, 0.25) is 0 Å². The molecule has 3 atom stereocenters. The number of carbonyl (C=O) groups excluding carboxylic acids is 1. The molecule has 0 aliphatic carbocycles. The Morgan fingerprint density at radius 2 is 2.38 bits per heavy atom. The Hall–Kier alpha value is -1.99. The fraction of sp³-hybridized carbons (Fsp3) is 0.471. The maximum Gasteiger partial charge on any atom is 0.220 e. The monoisotopic (exact) mass is 344 g/mol. The summed E-state index contributed by atoms with van der Waals surface area (Å²) >= 11 is 1.66. The van der Waals surface area contributed by atoms with E-state index in [-0.39, 0.29) is 17.9 Å². The molecule has 0 bridgehead atoms. The molecule has 2 aromatic rings. The van der Waals surface area contributed by atoms with Crippen molar-refractivity contribution < 1.29 is 9.53 Å². The number of ether oxygens (including phenoxy) is 1. The lowest BCUT2D eigenvalue weighted by Gasteiger charge is -2.20. The molecule has 126 valence electrons. The van der Waals surface area contributed by atoms with E-state index in [0.717, 1.165) is 18.9 Å². The van der Waals surface area contributed by atoms with Gasteiger partial charge >= 0.3 is 0 Å². The molecule has 2 aliphatic heterocycles. The number of anilines is 1. The average molecular weight is 344 g/mol. The highest BCUT2D eigenvalue weighted by molar-refractivity contribution is 7.09. The first-order valence-corrected chi connectivity index (χ1v) is 9.09. The standard InChI is InChI=1S/C17H20N4O2S/c22-17(19-7-13-2-1-5-24-13)6-12-10-23-15-9-21(8-14(12)15)16-3-4-18-11-20-16/h1-5,11-12,14-15H,6-10H2,(H,19,22)/t12-,14+,15+/m1/s1. The molecule has 7 heteroatoms. The molecule has 4 rings (SSSR count). The number of amides is 1. The molecule has 24 heavy (non-hydrogen) atoms. The third-order valence-corrected chi connectivity index (χ3v) is 5.69. The zero-order chi connectivity index (χ0) is 16.4. The topological polar surface area (TPSA) is 67.3 Å². The Labute approximate surface area is 144 Å². The van der Waals surface area contributed by atoms with Crippen molar-refractivity contribution in [2.75, 3.05) is 24.6 Å². The first kappa shape index (κ1) is 15.5. The molecular weight excluding hydrogens is 324 g/mol. The Morgan fingerprint density at radius 3 is 3.17 bits per heavy atom. The van der Waals surface area contributed by atoms with Crippen LogP contribution in [-0.4, -0.2) is 41.7 Å². The number of hydrogen-bond acceptors (Lipinski definition) is 6. The summed E-state index contributed by atoms with van der Waals surface area (Å²) in [4.78, 5) is 23.9. The number of nitrogens with one attached hydrogen (secondary N) is 1. The van der Waals surface area contributed by atoms with Gasteiger partial charge in [-0.05, 0) is 23.4 Å². The lowest BCUT2D eigenvalue weighted by molar-refractivity contribution is -0.122. The second kappa shape index (κ2) is 6.86. The quantitative estimate of drug-likeness (QED) is 0.894. The third-order valence-electron chi connectivity index (χ3n) is 4.82. The molecule has 0 radical (unpaired) electrons. The van der Waals surface area contributed by atoms with Crippen LogP contribution in [0.15, 0.2) is 36.1 Å². The molecular formula is C17H20N4O2S. The van der Waals surface area contributed by atoms with Crippen LogP contribution in [0.1, 0.15) is 11.3 Å². The summed E-state index contributed by atoms with van der Waals surface area (Å²) in [5, 5.41) is 5.04. The van der Waals surface area contributed by atoms with Crippen molar-refractivity contribution in [2.24, 2.45) is 11.8 Å². The van der Waals surface area contributed by atoms with Gasteiger partial charge in [0.2, 0.25) is 5.91 Å². The predicted octanol–water partition coefficient (Wildman–Crippen LogP) is 1.70. The fourth-order valence-corrected chi connectivity index (χ4v) is 4.22. The number of rotatable bonds is 5.